The van der Waals surface area contributed by atoms with E-state index < -0.39 is 0 Å². The van der Waals surface area contributed by atoms with Crippen molar-refractivity contribution in [3.05, 3.63) is 40.3 Å². The summed E-state index contributed by atoms with van der Waals surface area (Å²) in [6, 6.07) is 7.15. The molecule has 2 rings (SSSR count). The lowest BCUT2D eigenvalue weighted by molar-refractivity contribution is 0.0821. The Morgan fingerprint density at radius 3 is 2.48 bits per heavy atom. The van der Waals surface area contributed by atoms with E-state index in [1.54, 1.807) is 26.2 Å². The molecule has 0 unspecified atom stereocenters. The number of rotatable bonds is 5. The fourth-order valence-electron chi connectivity index (χ4n) is 2.27. The number of carbonyl (C=O) groups is 1. The average Bonchev–Trinajstić information content (AvgIpc) is 2.49. The number of unbranched alkanes of at least 4 members (excludes halogenated alkanes) is 2. The van der Waals surface area contributed by atoms with Gasteiger partial charge in [0.25, 0.3) is 11.5 Å². The van der Waals surface area contributed by atoms with Gasteiger partial charge in [-0.3, -0.25) is 9.59 Å². The van der Waals surface area contributed by atoms with Crippen molar-refractivity contribution in [3.63, 3.8) is 0 Å². The Bertz CT molecular complexity index is 704. The topological polar surface area (TPSA) is 55.2 Å². The first-order valence-corrected chi connectivity index (χ1v) is 7.27. The van der Waals surface area contributed by atoms with Gasteiger partial charge in [0.15, 0.2) is 5.69 Å². The Hall–Kier alpha value is -2.17. The van der Waals surface area contributed by atoms with Gasteiger partial charge in [0, 0.05) is 26.0 Å². The average molecular weight is 287 g/mol. The number of carbonyl (C=O) groups excluding carboxylic acids is 1. The van der Waals surface area contributed by atoms with Gasteiger partial charge < -0.3 is 4.90 Å². The van der Waals surface area contributed by atoms with Crippen molar-refractivity contribution in [1.29, 1.82) is 0 Å². The fraction of sp³-hybridized carbons (Fsp3) is 0.438. The van der Waals surface area contributed by atoms with Gasteiger partial charge in [-0.15, -0.1) is 0 Å². The van der Waals surface area contributed by atoms with Crippen LogP contribution in [0.4, 0.5) is 0 Å². The van der Waals surface area contributed by atoms with Gasteiger partial charge in [-0.25, -0.2) is 4.68 Å². The lowest BCUT2D eigenvalue weighted by Gasteiger charge is -2.14. The van der Waals surface area contributed by atoms with Crippen molar-refractivity contribution < 1.29 is 4.79 Å². The first-order valence-electron chi connectivity index (χ1n) is 7.27. The number of aromatic nitrogens is 2. The minimum atomic E-state index is -0.185. The largest absolute Gasteiger partial charge is 0.343 e. The molecule has 0 atom stereocenters. The molecule has 21 heavy (non-hydrogen) atoms. The van der Waals surface area contributed by atoms with E-state index in [1.165, 1.54) is 9.58 Å². The minimum absolute atomic E-state index is 0.128. The van der Waals surface area contributed by atoms with Crippen LogP contribution in [0.3, 0.4) is 0 Å². The van der Waals surface area contributed by atoms with Crippen molar-refractivity contribution in [2.24, 2.45) is 0 Å². The molecule has 0 aliphatic rings. The smallest absolute Gasteiger partial charge is 0.274 e. The third-order valence-corrected chi connectivity index (χ3v) is 3.45. The van der Waals surface area contributed by atoms with Crippen LogP contribution in [0.2, 0.25) is 0 Å². The van der Waals surface area contributed by atoms with E-state index in [9.17, 15) is 9.59 Å². The molecule has 0 radical (unpaired) electrons. The van der Waals surface area contributed by atoms with E-state index in [4.69, 9.17) is 0 Å². The van der Waals surface area contributed by atoms with Gasteiger partial charge in [0.1, 0.15) is 0 Å². The van der Waals surface area contributed by atoms with Crippen molar-refractivity contribution in [3.8, 4) is 0 Å². The summed E-state index contributed by atoms with van der Waals surface area (Å²) in [6.07, 6.45) is 3.00. The number of benzene rings is 1. The van der Waals surface area contributed by atoms with Crippen LogP contribution in [0, 0.1) is 0 Å². The van der Waals surface area contributed by atoms with E-state index in [0.29, 0.717) is 23.0 Å². The van der Waals surface area contributed by atoms with Gasteiger partial charge in [0.05, 0.1) is 5.39 Å². The monoisotopic (exact) mass is 287 g/mol. The molecule has 1 aromatic carbocycles. The molecule has 0 spiro atoms. The number of hydrogen-bond donors (Lipinski definition) is 0. The van der Waals surface area contributed by atoms with E-state index in [1.807, 2.05) is 12.1 Å². The maximum absolute atomic E-state index is 12.4. The van der Waals surface area contributed by atoms with Gasteiger partial charge in [0.2, 0.25) is 0 Å². The minimum Gasteiger partial charge on any atom is -0.343 e. The zero-order chi connectivity index (χ0) is 15.4. The summed E-state index contributed by atoms with van der Waals surface area (Å²) in [6.45, 7) is 2.66. The molecule has 112 valence electrons. The molecule has 0 fully saturated rings. The molecule has 2 aromatic rings. The summed E-state index contributed by atoms with van der Waals surface area (Å²) in [7, 11) is 3.37. The number of nitrogens with zero attached hydrogens (tertiary/aromatic N) is 3. The van der Waals surface area contributed by atoms with Gasteiger partial charge in [-0.05, 0) is 12.5 Å². The van der Waals surface area contributed by atoms with Crippen molar-refractivity contribution in [2.45, 2.75) is 32.7 Å². The quantitative estimate of drug-likeness (QED) is 0.793. The maximum Gasteiger partial charge on any atom is 0.274 e. The van der Waals surface area contributed by atoms with Crippen molar-refractivity contribution in [1.82, 2.24) is 14.7 Å². The summed E-state index contributed by atoms with van der Waals surface area (Å²) in [4.78, 5) is 26.2. The summed E-state index contributed by atoms with van der Waals surface area (Å²) < 4.78 is 1.43. The molecule has 0 bridgehead atoms. The summed E-state index contributed by atoms with van der Waals surface area (Å²) >= 11 is 0. The molecule has 1 amide bonds. The Kier molecular flexibility index (Phi) is 4.73. The number of fused-ring (bicyclic) bond motifs is 1. The van der Waals surface area contributed by atoms with Crippen LogP contribution in [-0.4, -0.2) is 34.7 Å². The van der Waals surface area contributed by atoms with Crippen LogP contribution in [0.25, 0.3) is 10.8 Å². The highest BCUT2D eigenvalue weighted by Gasteiger charge is 2.17. The molecule has 0 N–H and O–H groups in total. The Balaban J connectivity index is 2.58. The number of amides is 1. The second-order valence-electron chi connectivity index (χ2n) is 5.33. The predicted octanol–water partition coefficient (Wildman–Crippen LogP) is 2.29. The molecule has 0 aliphatic heterocycles. The highest BCUT2D eigenvalue weighted by molar-refractivity contribution is 6.04. The summed E-state index contributed by atoms with van der Waals surface area (Å²) in [5.74, 6) is -0.185. The molecular formula is C16H21N3O2. The van der Waals surface area contributed by atoms with Crippen LogP contribution in [0.5, 0.6) is 0 Å². The van der Waals surface area contributed by atoms with Gasteiger partial charge in [-0.1, -0.05) is 38.0 Å². The van der Waals surface area contributed by atoms with E-state index in [-0.39, 0.29) is 11.5 Å². The zero-order valence-electron chi connectivity index (χ0n) is 12.8. The Morgan fingerprint density at radius 1 is 1.19 bits per heavy atom. The summed E-state index contributed by atoms with van der Waals surface area (Å²) in [5.41, 5.74) is 0.212. The van der Waals surface area contributed by atoms with E-state index in [2.05, 4.69) is 12.0 Å². The third-order valence-electron chi connectivity index (χ3n) is 3.45. The molecular weight excluding hydrogens is 266 g/mol. The summed E-state index contributed by atoms with van der Waals surface area (Å²) in [5, 5.41) is 5.48. The van der Waals surface area contributed by atoms with E-state index >= 15 is 0 Å². The highest BCUT2D eigenvalue weighted by atomic mass is 16.2. The van der Waals surface area contributed by atoms with Gasteiger partial charge in [-0.2, -0.15) is 5.10 Å². The highest BCUT2D eigenvalue weighted by Crippen LogP contribution is 2.14. The SMILES string of the molecule is CCCCCn1nc(C(=O)N(C)C)c2ccccc2c1=O. The molecule has 5 nitrogen and oxygen atoms in total. The third kappa shape index (κ3) is 3.12. The fourth-order valence-corrected chi connectivity index (χ4v) is 2.27. The predicted molar refractivity (Wildman–Crippen MR) is 83.5 cm³/mol. The first-order chi connectivity index (χ1) is 10.1. The van der Waals surface area contributed by atoms with Crippen LogP contribution in [-0.2, 0) is 6.54 Å². The second-order valence-corrected chi connectivity index (χ2v) is 5.33. The first kappa shape index (κ1) is 15.2. The van der Waals surface area contributed by atoms with Crippen LogP contribution < -0.4 is 5.56 Å². The maximum atomic E-state index is 12.4. The van der Waals surface area contributed by atoms with Gasteiger partial charge >= 0.3 is 0 Å². The molecule has 0 saturated carbocycles. The van der Waals surface area contributed by atoms with Crippen molar-refractivity contribution >= 4 is 16.7 Å². The normalized spacial score (nSPS) is 10.8. The lowest BCUT2D eigenvalue weighted by Crippen LogP contribution is -2.30. The standard InChI is InChI=1S/C16H21N3O2/c1-4-5-8-11-19-15(20)13-10-7-6-9-12(13)14(17-19)16(21)18(2)3/h6-7,9-10H,4-5,8,11H2,1-3H3. The number of aryl methyl sites for hydroxylation is 1. The molecule has 0 saturated heterocycles. The lowest BCUT2D eigenvalue weighted by atomic mass is 10.1. The van der Waals surface area contributed by atoms with Crippen LogP contribution in [0.1, 0.15) is 36.7 Å². The molecule has 1 heterocycles. The Labute approximate surface area is 124 Å². The molecule has 0 aliphatic carbocycles. The van der Waals surface area contributed by atoms with Crippen LogP contribution in [0.15, 0.2) is 29.1 Å². The molecule has 1 aromatic heterocycles. The number of hydrogen-bond acceptors (Lipinski definition) is 3. The van der Waals surface area contributed by atoms with Crippen LogP contribution >= 0.6 is 0 Å². The zero-order valence-corrected chi connectivity index (χ0v) is 12.8. The Morgan fingerprint density at radius 2 is 1.86 bits per heavy atom. The second kappa shape index (κ2) is 6.52. The van der Waals surface area contributed by atoms with Crippen molar-refractivity contribution in [2.75, 3.05) is 14.1 Å². The van der Waals surface area contributed by atoms with E-state index in [0.717, 1.165) is 19.3 Å². The molecule has 5 heteroatoms.